The molecule has 0 fully saturated rings. The molecule has 0 spiro atoms. The standard InChI is InChI=1S/C42H73NO5/c1-3-5-7-9-11-12-13-14-15-16-17-18-19-20-21-22-23-24-25-27-33-37-42(47)48-39(34-30-26-10-8-6-4-2)35-31-28-29-32-36-40(44)43-38-41(45)46/h5,7,11-12,14-15,17-18,39H,3-4,6,8-10,13,16,19-38H2,1-2H3,(H,43,44)(H,45,46)/b7-5-,12-11-,15-14-,18-17-. The van der Waals surface area contributed by atoms with Gasteiger partial charge in [-0.05, 0) is 77.0 Å². The smallest absolute Gasteiger partial charge is 0.322 e. The van der Waals surface area contributed by atoms with Crippen LogP contribution in [0.5, 0.6) is 0 Å². The zero-order valence-corrected chi connectivity index (χ0v) is 31.1. The molecule has 1 amide bonds. The van der Waals surface area contributed by atoms with E-state index in [1.54, 1.807) is 0 Å². The third-order valence-electron chi connectivity index (χ3n) is 8.52. The molecule has 48 heavy (non-hydrogen) atoms. The van der Waals surface area contributed by atoms with E-state index in [0.29, 0.717) is 12.8 Å². The lowest BCUT2D eigenvalue weighted by molar-refractivity contribution is -0.150. The number of carbonyl (C=O) groups excluding carboxylic acids is 2. The number of nitrogens with one attached hydrogen (secondary N) is 1. The lowest BCUT2D eigenvalue weighted by Crippen LogP contribution is -2.28. The Morgan fingerprint density at radius 2 is 1.02 bits per heavy atom. The maximum absolute atomic E-state index is 12.6. The van der Waals surface area contributed by atoms with Gasteiger partial charge >= 0.3 is 11.9 Å². The van der Waals surface area contributed by atoms with Crippen LogP contribution in [0.15, 0.2) is 48.6 Å². The van der Waals surface area contributed by atoms with Gasteiger partial charge in [0.25, 0.3) is 0 Å². The van der Waals surface area contributed by atoms with E-state index >= 15 is 0 Å². The zero-order chi connectivity index (χ0) is 35.2. The molecular weight excluding hydrogens is 598 g/mol. The van der Waals surface area contributed by atoms with Crippen LogP contribution < -0.4 is 5.32 Å². The fraction of sp³-hybridized carbons (Fsp3) is 0.738. The van der Waals surface area contributed by atoms with E-state index in [9.17, 15) is 14.4 Å². The number of unbranched alkanes of at least 4 members (excludes halogenated alkanes) is 16. The number of allylic oxidation sites excluding steroid dienone is 8. The van der Waals surface area contributed by atoms with Crippen LogP contribution in [0.3, 0.4) is 0 Å². The first-order valence-electron chi connectivity index (χ1n) is 19.8. The largest absolute Gasteiger partial charge is 0.480 e. The molecule has 0 aliphatic carbocycles. The van der Waals surface area contributed by atoms with E-state index in [0.717, 1.165) is 83.5 Å². The maximum atomic E-state index is 12.6. The molecule has 6 heteroatoms. The van der Waals surface area contributed by atoms with E-state index in [2.05, 4.69) is 67.8 Å². The first-order chi connectivity index (χ1) is 23.5. The maximum Gasteiger partial charge on any atom is 0.322 e. The second kappa shape index (κ2) is 37.2. The summed E-state index contributed by atoms with van der Waals surface area (Å²) >= 11 is 0. The minimum absolute atomic E-state index is 0.000720. The van der Waals surface area contributed by atoms with Crippen molar-refractivity contribution >= 4 is 17.8 Å². The van der Waals surface area contributed by atoms with Gasteiger partial charge in [-0.15, -0.1) is 0 Å². The van der Waals surface area contributed by atoms with Crippen molar-refractivity contribution in [2.75, 3.05) is 6.54 Å². The predicted molar refractivity (Wildman–Crippen MR) is 203 cm³/mol. The van der Waals surface area contributed by atoms with E-state index in [-0.39, 0.29) is 24.5 Å². The number of esters is 1. The molecule has 0 saturated heterocycles. The van der Waals surface area contributed by atoms with Crippen LogP contribution in [0.25, 0.3) is 0 Å². The molecule has 2 N–H and O–H groups in total. The van der Waals surface area contributed by atoms with Crippen LogP contribution in [0.2, 0.25) is 0 Å². The zero-order valence-electron chi connectivity index (χ0n) is 31.1. The first-order valence-corrected chi connectivity index (χ1v) is 19.8. The fourth-order valence-corrected chi connectivity index (χ4v) is 5.62. The Labute approximate surface area is 295 Å². The van der Waals surface area contributed by atoms with Gasteiger partial charge in [-0.1, -0.05) is 146 Å². The van der Waals surface area contributed by atoms with Gasteiger partial charge in [0.2, 0.25) is 5.91 Å². The van der Waals surface area contributed by atoms with Gasteiger partial charge in [0.05, 0.1) is 0 Å². The summed E-state index contributed by atoms with van der Waals surface area (Å²) in [4.78, 5) is 34.8. The molecule has 0 aliphatic heterocycles. The van der Waals surface area contributed by atoms with E-state index in [1.807, 2.05) is 0 Å². The van der Waals surface area contributed by atoms with Gasteiger partial charge in [-0.3, -0.25) is 14.4 Å². The van der Waals surface area contributed by atoms with Crippen molar-refractivity contribution < 1.29 is 24.2 Å². The minimum atomic E-state index is -1.02. The average molecular weight is 672 g/mol. The van der Waals surface area contributed by atoms with Crippen LogP contribution in [0.4, 0.5) is 0 Å². The topological polar surface area (TPSA) is 92.7 Å². The summed E-state index contributed by atoms with van der Waals surface area (Å²) in [6.45, 7) is 4.07. The summed E-state index contributed by atoms with van der Waals surface area (Å²) in [6.07, 6.45) is 46.7. The third kappa shape index (κ3) is 36.2. The minimum Gasteiger partial charge on any atom is -0.480 e. The molecule has 0 aromatic rings. The Morgan fingerprint density at radius 3 is 1.56 bits per heavy atom. The third-order valence-corrected chi connectivity index (χ3v) is 8.52. The Hall–Kier alpha value is -2.63. The summed E-state index contributed by atoms with van der Waals surface area (Å²) in [6, 6.07) is 0. The van der Waals surface area contributed by atoms with Crippen LogP contribution >= 0.6 is 0 Å². The van der Waals surface area contributed by atoms with Gasteiger partial charge in [0, 0.05) is 12.8 Å². The van der Waals surface area contributed by atoms with E-state index in [4.69, 9.17) is 9.84 Å². The highest BCUT2D eigenvalue weighted by Crippen LogP contribution is 2.18. The molecule has 0 bridgehead atoms. The van der Waals surface area contributed by atoms with Crippen molar-refractivity contribution in [3.63, 3.8) is 0 Å². The van der Waals surface area contributed by atoms with Crippen molar-refractivity contribution in [2.24, 2.45) is 0 Å². The predicted octanol–water partition coefficient (Wildman–Crippen LogP) is 11.9. The summed E-state index contributed by atoms with van der Waals surface area (Å²) in [7, 11) is 0. The van der Waals surface area contributed by atoms with Crippen LogP contribution in [0.1, 0.15) is 187 Å². The molecular formula is C42H73NO5. The number of hydrogen-bond donors (Lipinski definition) is 2. The molecule has 0 aliphatic rings. The molecule has 1 atom stereocenters. The molecule has 0 heterocycles. The van der Waals surface area contributed by atoms with Crippen molar-refractivity contribution in [1.29, 1.82) is 0 Å². The highest BCUT2D eigenvalue weighted by molar-refractivity contribution is 5.80. The van der Waals surface area contributed by atoms with E-state index in [1.165, 1.54) is 77.0 Å². The lowest BCUT2D eigenvalue weighted by atomic mass is 10.0. The lowest BCUT2D eigenvalue weighted by Gasteiger charge is -2.18. The quantitative estimate of drug-likeness (QED) is 0.0397. The summed E-state index contributed by atoms with van der Waals surface area (Å²) in [5.74, 6) is -1.28. The SMILES string of the molecule is CC/C=C\C/C=C\C/C=C\C/C=C\CCCCCCCCCCC(=O)OC(CCCCCCCC)CCCCCCC(=O)NCC(=O)O. The molecule has 0 saturated carbocycles. The fourth-order valence-electron chi connectivity index (χ4n) is 5.62. The van der Waals surface area contributed by atoms with Gasteiger partial charge in [0.15, 0.2) is 0 Å². The molecule has 0 radical (unpaired) electrons. The van der Waals surface area contributed by atoms with Crippen molar-refractivity contribution in [3.8, 4) is 0 Å². The van der Waals surface area contributed by atoms with Crippen molar-refractivity contribution in [3.05, 3.63) is 48.6 Å². The summed E-state index contributed by atoms with van der Waals surface area (Å²) in [5.41, 5.74) is 0. The monoisotopic (exact) mass is 672 g/mol. The average Bonchev–Trinajstić information content (AvgIpc) is 3.07. The molecule has 1 unspecified atom stereocenters. The Balaban J connectivity index is 3.94. The van der Waals surface area contributed by atoms with Crippen LogP contribution in [0, 0.1) is 0 Å². The molecule has 0 aromatic heterocycles. The van der Waals surface area contributed by atoms with Crippen molar-refractivity contribution in [2.45, 2.75) is 193 Å². The molecule has 0 aromatic carbocycles. The number of carbonyl (C=O) groups is 3. The Bertz CT molecular complexity index is 875. The van der Waals surface area contributed by atoms with E-state index < -0.39 is 5.97 Å². The number of carboxylic acids is 1. The second-order valence-corrected chi connectivity index (χ2v) is 13.2. The number of aliphatic carboxylic acids is 1. The first kappa shape index (κ1) is 45.4. The van der Waals surface area contributed by atoms with Crippen LogP contribution in [-0.4, -0.2) is 35.6 Å². The normalized spacial score (nSPS) is 12.5. The van der Waals surface area contributed by atoms with Gasteiger partial charge in [-0.25, -0.2) is 0 Å². The number of rotatable bonds is 35. The van der Waals surface area contributed by atoms with Gasteiger partial charge in [0.1, 0.15) is 12.6 Å². The number of amides is 1. The van der Waals surface area contributed by atoms with Crippen molar-refractivity contribution in [1.82, 2.24) is 5.32 Å². The van der Waals surface area contributed by atoms with Crippen LogP contribution in [-0.2, 0) is 19.1 Å². The molecule has 0 rings (SSSR count). The summed E-state index contributed by atoms with van der Waals surface area (Å²) < 4.78 is 5.95. The summed E-state index contributed by atoms with van der Waals surface area (Å²) in [5, 5.41) is 11.1. The Morgan fingerprint density at radius 1 is 0.562 bits per heavy atom. The van der Waals surface area contributed by atoms with Gasteiger partial charge in [-0.2, -0.15) is 0 Å². The molecule has 6 nitrogen and oxygen atoms in total. The highest BCUT2D eigenvalue weighted by Gasteiger charge is 2.14. The van der Waals surface area contributed by atoms with Gasteiger partial charge < -0.3 is 15.2 Å². The molecule has 276 valence electrons. The number of carboxylic acid groups (broad SMARTS) is 1. The highest BCUT2D eigenvalue weighted by atomic mass is 16.5. The Kier molecular flexibility index (Phi) is 35.2. The number of hydrogen-bond acceptors (Lipinski definition) is 4. The second-order valence-electron chi connectivity index (χ2n) is 13.2. The number of ether oxygens (including phenoxy) is 1.